The summed E-state index contributed by atoms with van der Waals surface area (Å²) in [7, 11) is 0. The lowest BCUT2D eigenvalue weighted by atomic mass is 9.95. The van der Waals surface area contributed by atoms with Gasteiger partial charge in [0, 0.05) is 76.1 Å². The molecule has 0 bridgehead atoms. The van der Waals surface area contributed by atoms with Crippen LogP contribution in [0.3, 0.4) is 0 Å². The molecule has 8 nitrogen and oxygen atoms in total. The molecule has 0 radical (unpaired) electrons. The smallest absolute Gasteiger partial charge is 0.368 e. The molecular weight excluding hydrogens is 519 g/mol. The zero-order valence-electron chi connectivity index (χ0n) is 24.1. The van der Waals surface area contributed by atoms with Gasteiger partial charge in [-0.2, -0.15) is 13.2 Å². The molecule has 2 aliphatic rings. The van der Waals surface area contributed by atoms with Crippen molar-refractivity contribution in [3.63, 3.8) is 0 Å². The summed E-state index contributed by atoms with van der Waals surface area (Å²) in [6.45, 7) is 14.9. The molecule has 11 heteroatoms. The number of benzene rings is 1. The number of aryl methyl sites for hydroxylation is 1. The van der Waals surface area contributed by atoms with Crippen molar-refractivity contribution >= 4 is 17.5 Å². The summed E-state index contributed by atoms with van der Waals surface area (Å²) >= 11 is 0. The van der Waals surface area contributed by atoms with E-state index < -0.39 is 17.3 Å². The van der Waals surface area contributed by atoms with Crippen LogP contribution >= 0.6 is 0 Å². The number of hydrogen-bond donors (Lipinski definition) is 1. The fraction of sp³-hybridized carbons (Fsp3) is 0.621. The number of carbonyl (C=O) groups is 1. The Morgan fingerprint density at radius 1 is 0.900 bits per heavy atom. The van der Waals surface area contributed by atoms with Crippen molar-refractivity contribution in [1.29, 1.82) is 0 Å². The van der Waals surface area contributed by atoms with E-state index in [0.29, 0.717) is 38.5 Å². The van der Waals surface area contributed by atoms with Crippen LogP contribution in [0.1, 0.15) is 50.7 Å². The van der Waals surface area contributed by atoms with Gasteiger partial charge in [0.2, 0.25) is 0 Å². The first kappa shape index (κ1) is 29.9. The Kier molecular flexibility index (Phi) is 9.43. The van der Waals surface area contributed by atoms with E-state index in [-0.39, 0.29) is 11.9 Å². The maximum absolute atomic E-state index is 13.5. The van der Waals surface area contributed by atoms with Crippen molar-refractivity contribution in [1.82, 2.24) is 25.1 Å². The maximum Gasteiger partial charge on any atom is 0.433 e. The van der Waals surface area contributed by atoms with Crippen LogP contribution in [-0.4, -0.2) is 91.2 Å². The molecule has 2 aromatic rings. The van der Waals surface area contributed by atoms with Gasteiger partial charge in [-0.3, -0.25) is 4.90 Å². The number of aromatic nitrogens is 2. The second-order valence-corrected chi connectivity index (χ2v) is 11.8. The SMILES string of the molecule is Cc1cccc(N2CCN(C(=O)NCCCCN3CCN(c4cc(C(F)(F)F)nc(C(C)(C)C)n4)CC3)CC2)c1. The van der Waals surface area contributed by atoms with Crippen molar-refractivity contribution < 1.29 is 18.0 Å². The number of urea groups is 1. The lowest BCUT2D eigenvalue weighted by molar-refractivity contribution is -0.141. The Bertz CT molecular complexity index is 1100. The van der Waals surface area contributed by atoms with Gasteiger partial charge in [-0.05, 0) is 44.0 Å². The van der Waals surface area contributed by atoms with Gasteiger partial charge in [-0.25, -0.2) is 14.8 Å². The quantitative estimate of drug-likeness (QED) is 0.501. The molecule has 1 aromatic carbocycles. The Labute approximate surface area is 235 Å². The van der Waals surface area contributed by atoms with E-state index in [1.54, 1.807) is 0 Å². The van der Waals surface area contributed by atoms with E-state index in [2.05, 4.69) is 56.3 Å². The Morgan fingerprint density at radius 2 is 1.57 bits per heavy atom. The topological polar surface area (TPSA) is 67.8 Å². The van der Waals surface area contributed by atoms with E-state index in [0.717, 1.165) is 51.6 Å². The number of hydrogen-bond acceptors (Lipinski definition) is 6. The molecule has 0 aliphatic carbocycles. The molecule has 0 atom stereocenters. The summed E-state index contributed by atoms with van der Waals surface area (Å²) in [6.07, 6.45) is -2.68. The van der Waals surface area contributed by atoms with Crippen molar-refractivity contribution in [3.8, 4) is 0 Å². The van der Waals surface area contributed by atoms with Gasteiger partial charge in [-0.15, -0.1) is 0 Å². The zero-order chi connectivity index (χ0) is 28.9. The van der Waals surface area contributed by atoms with Gasteiger partial charge < -0.3 is 20.0 Å². The third-order valence-electron chi connectivity index (χ3n) is 7.48. The summed E-state index contributed by atoms with van der Waals surface area (Å²) in [5.41, 5.74) is 0.974. The molecule has 3 heterocycles. The van der Waals surface area contributed by atoms with Crippen LogP contribution in [0.4, 0.5) is 29.5 Å². The minimum Gasteiger partial charge on any atom is -0.368 e. The standard InChI is InChI=1S/C29H42F3N7O/c1-22-8-7-9-23(20-22)37-16-18-39(19-17-37)27(40)33-10-5-6-11-36-12-14-38(15-13-36)25-21-24(29(30,31)32)34-26(35-25)28(2,3)4/h7-9,20-21H,5-6,10-19H2,1-4H3,(H,33,40). The number of alkyl halides is 3. The third kappa shape index (κ3) is 7.99. The highest BCUT2D eigenvalue weighted by atomic mass is 19.4. The predicted octanol–water partition coefficient (Wildman–Crippen LogP) is 4.54. The van der Waals surface area contributed by atoms with Crippen LogP contribution in [-0.2, 0) is 11.6 Å². The van der Waals surface area contributed by atoms with Crippen molar-refractivity contribution in [2.24, 2.45) is 0 Å². The summed E-state index contributed by atoms with van der Waals surface area (Å²) in [5.74, 6) is 0.546. The summed E-state index contributed by atoms with van der Waals surface area (Å²) in [6, 6.07) is 9.51. The molecule has 0 unspecified atom stereocenters. The number of amides is 2. The van der Waals surface area contributed by atoms with Crippen LogP contribution in [0.15, 0.2) is 30.3 Å². The van der Waals surface area contributed by atoms with Gasteiger partial charge in [0.1, 0.15) is 17.3 Å². The van der Waals surface area contributed by atoms with Crippen molar-refractivity contribution in [3.05, 3.63) is 47.4 Å². The summed E-state index contributed by atoms with van der Waals surface area (Å²) < 4.78 is 40.4. The van der Waals surface area contributed by atoms with Gasteiger partial charge in [0.05, 0.1) is 0 Å². The fourth-order valence-electron chi connectivity index (χ4n) is 5.04. The minimum atomic E-state index is -4.51. The number of anilines is 2. The molecule has 0 saturated carbocycles. The second kappa shape index (κ2) is 12.6. The van der Waals surface area contributed by atoms with Gasteiger partial charge in [-0.1, -0.05) is 32.9 Å². The maximum atomic E-state index is 13.5. The molecule has 1 N–H and O–H groups in total. The number of carbonyl (C=O) groups excluding carboxylic acids is 1. The number of rotatable bonds is 7. The fourth-order valence-corrected chi connectivity index (χ4v) is 5.04. The Morgan fingerprint density at radius 3 is 2.20 bits per heavy atom. The average molecular weight is 562 g/mol. The number of piperazine rings is 2. The minimum absolute atomic E-state index is 0.00444. The van der Waals surface area contributed by atoms with Gasteiger partial charge in [0.15, 0.2) is 0 Å². The highest BCUT2D eigenvalue weighted by Crippen LogP contribution is 2.32. The monoisotopic (exact) mass is 561 g/mol. The lowest BCUT2D eigenvalue weighted by Gasteiger charge is -2.36. The highest BCUT2D eigenvalue weighted by Gasteiger charge is 2.36. The molecule has 0 spiro atoms. The molecule has 2 aliphatic heterocycles. The van der Waals surface area contributed by atoms with Crippen molar-refractivity contribution in [2.45, 2.75) is 52.1 Å². The molecule has 2 amide bonds. The largest absolute Gasteiger partial charge is 0.433 e. The molecular formula is C29H42F3N7O. The van der Waals surface area contributed by atoms with Crippen LogP contribution in [0, 0.1) is 6.92 Å². The highest BCUT2D eigenvalue weighted by molar-refractivity contribution is 5.74. The van der Waals surface area contributed by atoms with E-state index in [1.165, 1.54) is 11.3 Å². The second-order valence-electron chi connectivity index (χ2n) is 11.8. The van der Waals surface area contributed by atoms with Gasteiger partial charge in [0.25, 0.3) is 0 Å². The lowest BCUT2D eigenvalue weighted by Crippen LogP contribution is -2.52. The molecule has 4 rings (SSSR count). The van der Waals surface area contributed by atoms with Crippen LogP contribution in [0.2, 0.25) is 0 Å². The number of unbranched alkanes of at least 4 members (excludes halogenated alkanes) is 1. The predicted molar refractivity (Wildman–Crippen MR) is 152 cm³/mol. The molecule has 2 saturated heterocycles. The first-order valence-corrected chi connectivity index (χ1v) is 14.2. The van der Waals surface area contributed by atoms with E-state index in [4.69, 9.17) is 0 Å². The number of halogens is 3. The average Bonchev–Trinajstić information content (AvgIpc) is 2.92. The Hall–Kier alpha value is -3.08. The molecule has 2 fully saturated rings. The molecule has 40 heavy (non-hydrogen) atoms. The van der Waals surface area contributed by atoms with E-state index in [1.807, 2.05) is 30.6 Å². The van der Waals surface area contributed by atoms with Crippen LogP contribution in [0.5, 0.6) is 0 Å². The van der Waals surface area contributed by atoms with E-state index >= 15 is 0 Å². The van der Waals surface area contributed by atoms with Crippen LogP contribution < -0.4 is 15.1 Å². The van der Waals surface area contributed by atoms with Crippen LogP contribution in [0.25, 0.3) is 0 Å². The zero-order valence-corrected chi connectivity index (χ0v) is 24.1. The summed E-state index contributed by atoms with van der Waals surface area (Å²) in [5, 5.41) is 3.05. The molecule has 1 aromatic heterocycles. The number of nitrogens with zero attached hydrogens (tertiary/aromatic N) is 6. The number of nitrogens with one attached hydrogen (secondary N) is 1. The van der Waals surface area contributed by atoms with Crippen molar-refractivity contribution in [2.75, 3.05) is 75.2 Å². The first-order chi connectivity index (χ1) is 18.9. The van der Waals surface area contributed by atoms with E-state index in [9.17, 15) is 18.0 Å². The van der Waals surface area contributed by atoms with Gasteiger partial charge >= 0.3 is 12.2 Å². The Balaban J connectivity index is 1.15. The molecule has 220 valence electrons. The normalized spacial score (nSPS) is 17.3. The third-order valence-corrected chi connectivity index (χ3v) is 7.48. The summed E-state index contributed by atoms with van der Waals surface area (Å²) in [4.78, 5) is 29.3. The first-order valence-electron chi connectivity index (χ1n) is 14.2.